The van der Waals surface area contributed by atoms with Gasteiger partial charge in [-0.15, -0.1) is 0 Å². The van der Waals surface area contributed by atoms with E-state index in [-0.39, 0.29) is 29.0 Å². The molecule has 1 amide bonds. The molecule has 1 aliphatic heterocycles. The second kappa shape index (κ2) is 4.80. The Labute approximate surface area is 97.5 Å². The summed E-state index contributed by atoms with van der Waals surface area (Å²) >= 11 is 5.81. The van der Waals surface area contributed by atoms with Gasteiger partial charge in [-0.05, 0) is 12.1 Å². The molecule has 0 saturated carbocycles. The molecular weight excluding hydrogens is 233 g/mol. The van der Waals surface area contributed by atoms with Crippen LogP contribution < -0.4 is 5.32 Å². The summed E-state index contributed by atoms with van der Waals surface area (Å²) in [5.41, 5.74) is 0.238. The summed E-state index contributed by atoms with van der Waals surface area (Å²) in [5, 5.41) is 3.01. The number of carbonyl (C=O) groups is 1. The van der Waals surface area contributed by atoms with Gasteiger partial charge in [0.25, 0.3) is 0 Å². The summed E-state index contributed by atoms with van der Waals surface area (Å²) in [6, 6.07) is 4.43. The van der Waals surface area contributed by atoms with E-state index in [1.807, 2.05) is 0 Å². The van der Waals surface area contributed by atoms with E-state index in [0.29, 0.717) is 13.2 Å². The number of ether oxygens (including phenoxy) is 1. The van der Waals surface area contributed by atoms with Gasteiger partial charge in [0, 0.05) is 10.6 Å². The average Bonchev–Trinajstić information content (AvgIpc) is 2.18. The predicted octanol–water partition coefficient (Wildman–Crippen LogP) is 1.54. The van der Waals surface area contributed by atoms with Crippen molar-refractivity contribution in [2.75, 3.05) is 13.2 Å². The highest BCUT2D eigenvalue weighted by molar-refractivity contribution is 6.31. The van der Waals surface area contributed by atoms with E-state index in [1.165, 1.54) is 12.1 Å². The van der Waals surface area contributed by atoms with Crippen LogP contribution in [-0.2, 0) is 16.0 Å². The Morgan fingerprint density at radius 1 is 1.56 bits per heavy atom. The van der Waals surface area contributed by atoms with Crippen molar-refractivity contribution >= 4 is 17.5 Å². The first-order valence-electron chi connectivity index (χ1n) is 4.97. The fraction of sp³-hybridized carbons (Fsp3) is 0.364. The number of benzene rings is 1. The molecule has 0 spiro atoms. The molecule has 1 aliphatic rings. The number of halogens is 2. The molecule has 0 bridgehead atoms. The minimum Gasteiger partial charge on any atom is -0.377 e. The van der Waals surface area contributed by atoms with Crippen molar-refractivity contribution in [3.63, 3.8) is 0 Å². The molecule has 1 aromatic carbocycles. The number of rotatable bonds is 3. The van der Waals surface area contributed by atoms with Crippen LogP contribution in [0.3, 0.4) is 0 Å². The van der Waals surface area contributed by atoms with Crippen molar-refractivity contribution in [1.29, 1.82) is 0 Å². The summed E-state index contributed by atoms with van der Waals surface area (Å²) in [6.45, 7) is 1.05. The Morgan fingerprint density at radius 2 is 2.31 bits per heavy atom. The number of amides is 1. The lowest BCUT2D eigenvalue weighted by molar-refractivity contribution is -0.124. The topological polar surface area (TPSA) is 38.3 Å². The summed E-state index contributed by atoms with van der Waals surface area (Å²) in [7, 11) is 0. The molecule has 0 unspecified atom stereocenters. The zero-order valence-electron chi connectivity index (χ0n) is 8.50. The zero-order valence-corrected chi connectivity index (χ0v) is 9.26. The monoisotopic (exact) mass is 243 g/mol. The van der Waals surface area contributed by atoms with Gasteiger partial charge in [0.05, 0.1) is 25.7 Å². The minimum absolute atomic E-state index is 0.0397. The molecule has 1 N–H and O–H groups in total. The van der Waals surface area contributed by atoms with Crippen LogP contribution in [0.5, 0.6) is 0 Å². The third kappa shape index (κ3) is 2.51. The van der Waals surface area contributed by atoms with Crippen molar-refractivity contribution in [3.05, 3.63) is 34.6 Å². The number of hydrogen-bond donors (Lipinski definition) is 1. The van der Waals surface area contributed by atoms with E-state index in [1.54, 1.807) is 6.07 Å². The van der Waals surface area contributed by atoms with Gasteiger partial charge in [0.15, 0.2) is 0 Å². The second-order valence-electron chi connectivity index (χ2n) is 3.68. The van der Waals surface area contributed by atoms with Crippen molar-refractivity contribution < 1.29 is 13.9 Å². The molecule has 0 aromatic heterocycles. The third-order valence-corrected chi connectivity index (χ3v) is 2.76. The van der Waals surface area contributed by atoms with E-state index in [2.05, 4.69) is 5.32 Å². The van der Waals surface area contributed by atoms with Crippen molar-refractivity contribution in [2.24, 2.45) is 0 Å². The smallest absolute Gasteiger partial charge is 0.224 e. The third-order valence-electron chi connectivity index (χ3n) is 2.40. The van der Waals surface area contributed by atoms with Gasteiger partial charge in [-0.2, -0.15) is 0 Å². The van der Waals surface area contributed by atoms with E-state index in [0.717, 1.165) is 0 Å². The number of hydrogen-bond acceptors (Lipinski definition) is 2. The first kappa shape index (κ1) is 11.4. The van der Waals surface area contributed by atoms with Gasteiger partial charge >= 0.3 is 0 Å². The van der Waals surface area contributed by atoms with Crippen LogP contribution in [0.2, 0.25) is 5.02 Å². The quantitative estimate of drug-likeness (QED) is 0.875. The van der Waals surface area contributed by atoms with Gasteiger partial charge in [-0.25, -0.2) is 4.39 Å². The van der Waals surface area contributed by atoms with E-state index in [4.69, 9.17) is 16.3 Å². The van der Waals surface area contributed by atoms with Crippen LogP contribution in [0.1, 0.15) is 5.56 Å². The standard InChI is InChI=1S/C11H11ClFNO2/c12-9-2-1-3-10(13)8(9)4-11(15)14-7-5-16-6-7/h1-3,7H,4-6H2,(H,14,15). The highest BCUT2D eigenvalue weighted by Gasteiger charge is 2.21. The van der Waals surface area contributed by atoms with E-state index in [9.17, 15) is 9.18 Å². The molecule has 1 aromatic rings. The Morgan fingerprint density at radius 3 is 2.88 bits per heavy atom. The van der Waals surface area contributed by atoms with Crippen molar-refractivity contribution in [2.45, 2.75) is 12.5 Å². The molecule has 0 radical (unpaired) electrons. The Balaban J connectivity index is 1.99. The number of nitrogens with one attached hydrogen (secondary N) is 1. The Bertz CT molecular complexity index is 387. The van der Waals surface area contributed by atoms with E-state index >= 15 is 0 Å². The molecule has 5 heteroatoms. The summed E-state index contributed by atoms with van der Waals surface area (Å²) in [4.78, 5) is 11.5. The van der Waals surface area contributed by atoms with Gasteiger partial charge < -0.3 is 10.1 Å². The molecule has 16 heavy (non-hydrogen) atoms. The Hall–Kier alpha value is -1.13. The fourth-order valence-electron chi connectivity index (χ4n) is 1.46. The van der Waals surface area contributed by atoms with Crippen LogP contribution in [-0.4, -0.2) is 25.2 Å². The summed E-state index contributed by atoms with van der Waals surface area (Å²) in [6.07, 6.45) is -0.0397. The molecule has 0 atom stereocenters. The zero-order chi connectivity index (χ0) is 11.5. The SMILES string of the molecule is O=C(Cc1c(F)cccc1Cl)NC1COC1. The largest absolute Gasteiger partial charge is 0.377 e. The molecule has 0 aliphatic carbocycles. The van der Waals surface area contributed by atoms with Crippen LogP contribution in [0.15, 0.2) is 18.2 Å². The minimum atomic E-state index is -0.451. The summed E-state index contributed by atoms with van der Waals surface area (Å²) in [5.74, 6) is -0.687. The fourth-order valence-corrected chi connectivity index (χ4v) is 1.69. The van der Waals surface area contributed by atoms with Crippen LogP contribution in [0, 0.1) is 5.82 Å². The normalized spacial score (nSPS) is 15.6. The van der Waals surface area contributed by atoms with Crippen LogP contribution >= 0.6 is 11.6 Å². The maximum absolute atomic E-state index is 13.4. The van der Waals surface area contributed by atoms with Gasteiger partial charge in [-0.1, -0.05) is 17.7 Å². The maximum atomic E-state index is 13.4. The molecule has 1 heterocycles. The first-order valence-corrected chi connectivity index (χ1v) is 5.34. The molecule has 86 valence electrons. The lowest BCUT2D eigenvalue weighted by atomic mass is 10.1. The maximum Gasteiger partial charge on any atom is 0.224 e. The number of carbonyl (C=O) groups excluding carboxylic acids is 1. The average molecular weight is 244 g/mol. The van der Waals surface area contributed by atoms with Crippen molar-refractivity contribution in [1.82, 2.24) is 5.32 Å². The van der Waals surface area contributed by atoms with Gasteiger partial charge in [0.1, 0.15) is 5.82 Å². The highest BCUT2D eigenvalue weighted by atomic mass is 35.5. The van der Waals surface area contributed by atoms with Crippen LogP contribution in [0.4, 0.5) is 4.39 Å². The first-order chi connectivity index (χ1) is 7.66. The van der Waals surface area contributed by atoms with Crippen molar-refractivity contribution in [3.8, 4) is 0 Å². The molecule has 2 rings (SSSR count). The van der Waals surface area contributed by atoms with Gasteiger partial charge in [0.2, 0.25) is 5.91 Å². The van der Waals surface area contributed by atoms with Crippen LogP contribution in [0.25, 0.3) is 0 Å². The lowest BCUT2D eigenvalue weighted by Crippen LogP contribution is -2.49. The van der Waals surface area contributed by atoms with E-state index < -0.39 is 5.82 Å². The van der Waals surface area contributed by atoms with Gasteiger partial charge in [-0.3, -0.25) is 4.79 Å². The molecular formula is C11H11ClFNO2. The Kier molecular flexibility index (Phi) is 3.41. The lowest BCUT2D eigenvalue weighted by Gasteiger charge is -2.26. The molecule has 3 nitrogen and oxygen atoms in total. The molecule has 1 saturated heterocycles. The molecule has 1 fully saturated rings. The highest BCUT2D eigenvalue weighted by Crippen LogP contribution is 2.19. The summed E-state index contributed by atoms with van der Waals surface area (Å²) < 4.78 is 18.3. The predicted molar refractivity (Wildman–Crippen MR) is 57.9 cm³/mol. The second-order valence-corrected chi connectivity index (χ2v) is 4.09.